The van der Waals surface area contributed by atoms with Gasteiger partial charge in [0.1, 0.15) is 0 Å². The molecule has 6 nitrogen and oxygen atoms in total. The van der Waals surface area contributed by atoms with Crippen LogP contribution in [-0.4, -0.2) is 65.4 Å². The fourth-order valence-corrected chi connectivity index (χ4v) is 2.92. The molecule has 2 atom stereocenters. The highest BCUT2D eigenvalue weighted by atomic mass is 15.3. The summed E-state index contributed by atoms with van der Waals surface area (Å²) < 4.78 is 1.94. The molecule has 1 aliphatic rings. The van der Waals surface area contributed by atoms with Gasteiger partial charge in [0.15, 0.2) is 0 Å². The van der Waals surface area contributed by atoms with E-state index < -0.39 is 0 Å². The van der Waals surface area contributed by atoms with Crippen LogP contribution >= 0.6 is 0 Å². The number of hydrazine groups is 1. The first-order valence-electron chi connectivity index (χ1n) is 7.42. The van der Waals surface area contributed by atoms with Crippen molar-refractivity contribution in [2.45, 2.75) is 31.3 Å². The summed E-state index contributed by atoms with van der Waals surface area (Å²) in [5, 5.41) is 4.21. The SMILES string of the molecule is CN1CCN(C)C(CC(CCc2ccnn2C)NN)C1. The maximum atomic E-state index is 5.74. The third-order valence-corrected chi connectivity index (χ3v) is 4.44. The normalized spacial score (nSPS) is 23.1. The predicted molar refractivity (Wildman–Crippen MR) is 81.2 cm³/mol. The third kappa shape index (κ3) is 4.02. The second-order valence-electron chi connectivity index (χ2n) is 5.98. The van der Waals surface area contributed by atoms with Gasteiger partial charge in [-0.15, -0.1) is 0 Å². The Balaban J connectivity index is 1.83. The van der Waals surface area contributed by atoms with Crippen LogP contribution in [0.4, 0.5) is 0 Å². The minimum atomic E-state index is 0.351. The van der Waals surface area contributed by atoms with Crippen LogP contribution in [-0.2, 0) is 13.5 Å². The molecule has 1 aromatic rings. The summed E-state index contributed by atoms with van der Waals surface area (Å²) in [5.41, 5.74) is 4.26. The van der Waals surface area contributed by atoms with Crippen molar-refractivity contribution in [2.24, 2.45) is 12.9 Å². The molecule has 0 radical (unpaired) electrons. The summed E-state index contributed by atoms with van der Waals surface area (Å²) in [6.45, 7) is 3.42. The van der Waals surface area contributed by atoms with E-state index in [-0.39, 0.29) is 0 Å². The van der Waals surface area contributed by atoms with Crippen LogP contribution in [0.25, 0.3) is 0 Å². The summed E-state index contributed by atoms with van der Waals surface area (Å²) in [4.78, 5) is 4.85. The van der Waals surface area contributed by atoms with Crippen molar-refractivity contribution < 1.29 is 0 Å². The lowest BCUT2D eigenvalue weighted by Crippen LogP contribution is -2.52. The zero-order chi connectivity index (χ0) is 14.5. The Morgan fingerprint density at radius 1 is 1.40 bits per heavy atom. The van der Waals surface area contributed by atoms with Crippen LogP contribution in [0.2, 0.25) is 0 Å². The highest BCUT2D eigenvalue weighted by molar-refractivity contribution is 5.00. The number of aryl methyl sites for hydroxylation is 2. The molecule has 0 bridgehead atoms. The van der Waals surface area contributed by atoms with Crippen molar-refractivity contribution in [2.75, 3.05) is 33.7 Å². The first-order valence-corrected chi connectivity index (χ1v) is 7.42. The molecule has 1 saturated heterocycles. The third-order valence-electron chi connectivity index (χ3n) is 4.44. The maximum Gasteiger partial charge on any atom is 0.0492 e. The Hall–Kier alpha value is -0.950. The number of aromatic nitrogens is 2. The summed E-state index contributed by atoms with van der Waals surface area (Å²) >= 11 is 0. The summed E-state index contributed by atoms with van der Waals surface area (Å²) in [7, 11) is 6.40. The smallest absolute Gasteiger partial charge is 0.0492 e. The van der Waals surface area contributed by atoms with E-state index in [0.29, 0.717) is 12.1 Å². The van der Waals surface area contributed by atoms with Crippen molar-refractivity contribution in [3.05, 3.63) is 18.0 Å². The van der Waals surface area contributed by atoms with Gasteiger partial charge in [0, 0.05) is 50.7 Å². The van der Waals surface area contributed by atoms with Crippen LogP contribution in [0.3, 0.4) is 0 Å². The van der Waals surface area contributed by atoms with Crippen LogP contribution in [0.1, 0.15) is 18.5 Å². The molecule has 2 heterocycles. The minimum Gasteiger partial charge on any atom is -0.304 e. The highest BCUT2D eigenvalue weighted by Crippen LogP contribution is 2.14. The second-order valence-corrected chi connectivity index (χ2v) is 5.98. The lowest BCUT2D eigenvalue weighted by molar-refractivity contribution is 0.100. The quantitative estimate of drug-likeness (QED) is 0.559. The summed E-state index contributed by atoms with van der Waals surface area (Å²) in [5.74, 6) is 5.74. The van der Waals surface area contributed by atoms with Crippen LogP contribution in [0.5, 0.6) is 0 Å². The van der Waals surface area contributed by atoms with E-state index in [9.17, 15) is 0 Å². The molecule has 0 aromatic carbocycles. The molecule has 2 rings (SSSR count). The molecule has 1 fully saturated rings. The number of rotatable bonds is 6. The average Bonchev–Trinajstić information content (AvgIpc) is 2.84. The molecule has 0 spiro atoms. The highest BCUT2D eigenvalue weighted by Gasteiger charge is 2.24. The van der Waals surface area contributed by atoms with E-state index in [1.165, 1.54) is 5.69 Å². The van der Waals surface area contributed by atoms with Crippen molar-refractivity contribution >= 4 is 0 Å². The number of hydrogen-bond acceptors (Lipinski definition) is 5. The van der Waals surface area contributed by atoms with E-state index in [1.54, 1.807) is 0 Å². The van der Waals surface area contributed by atoms with E-state index in [2.05, 4.69) is 40.5 Å². The van der Waals surface area contributed by atoms with Gasteiger partial charge >= 0.3 is 0 Å². The van der Waals surface area contributed by atoms with E-state index >= 15 is 0 Å². The van der Waals surface area contributed by atoms with E-state index in [4.69, 9.17) is 5.84 Å². The van der Waals surface area contributed by atoms with Gasteiger partial charge in [0.25, 0.3) is 0 Å². The molecular weight excluding hydrogens is 252 g/mol. The molecule has 114 valence electrons. The molecule has 0 aliphatic carbocycles. The zero-order valence-electron chi connectivity index (χ0n) is 12.9. The number of nitrogens with two attached hydrogens (primary N) is 1. The van der Waals surface area contributed by atoms with Crippen LogP contribution in [0.15, 0.2) is 12.3 Å². The number of nitrogens with one attached hydrogen (secondary N) is 1. The second kappa shape index (κ2) is 7.17. The lowest BCUT2D eigenvalue weighted by Gasteiger charge is -2.39. The Bertz CT molecular complexity index is 404. The van der Waals surface area contributed by atoms with Gasteiger partial charge in [-0.25, -0.2) is 0 Å². The molecular formula is C14H28N6. The fraction of sp³-hybridized carbons (Fsp3) is 0.786. The molecule has 0 saturated carbocycles. The first kappa shape index (κ1) is 15.4. The first-order chi connectivity index (χ1) is 9.60. The zero-order valence-corrected chi connectivity index (χ0v) is 12.9. The standard InChI is InChI=1S/C14H28N6/c1-18-8-9-19(2)14(11-18)10-12(17-15)4-5-13-6-7-16-20(13)3/h6-7,12,14,17H,4-5,8-11,15H2,1-3H3. The van der Waals surface area contributed by atoms with Crippen molar-refractivity contribution in [1.82, 2.24) is 25.0 Å². The topological polar surface area (TPSA) is 62.3 Å². The minimum absolute atomic E-state index is 0.351. The number of hydrogen-bond donors (Lipinski definition) is 2. The van der Waals surface area contributed by atoms with Crippen molar-refractivity contribution in [3.63, 3.8) is 0 Å². The van der Waals surface area contributed by atoms with Gasteiger partial charge < -0.3 is 9.80 Å². The molecule has 2 unspecified atom stereocenters. The van der Waals surface area contributed by atoms with Gasteiger partial charge in [-0.05, 0) is 39.4 Å². The van der Waals surface area contributed by atoms with E-state index in [0.717, 1.165) is 38.9 Å². The fourth-order valence-electron chi connectivity index (χ4n) is 2.92. The number of piperazine rings is 1. The predicted octanol–water partition coefficient (Wildman–Crippen LogP) is -0.179. The van der Waals surface area contributed by atoms with Gasteiger partial charge in [-0.2, -0.15) is 5.10 Å². The molecule has 20 heavy (non-hydrogen) atoms. The molecule has 1 aromatic heterocycles. The Kier molecular flexibility index (Phi) is 5.54. The van der Waals surface area contributed by atoms with Gasteiger partial charge in [0.2, 0.25) is 0 Å². The van der Waals surface area contributed by atoms with Gasteiger partial charge in [-0.3, -0.25) is 16.0 Å². The van der Waals surface area contributed by atoms with E-state index in [1.807, 2.05) is 17.9 Å². The van der Waals surface area contributed by atoms with Crippen LogP contribution in [0, 0.1) is 0 Å². The van der Waals surface area contributed by atoms with Crippen LogP contribution < -0.4 is 11.3 Å². The summed E-state index contributed by atoms with van der Waals surface area (Å²) in [6.07, 6.45) is 5.00. The lowest BCUT2D eigenvalue weighted by atomic mass is 9.99. The number of likely N-dealkylation sites (N-methyl/N-ethyl adjacent to an activating group) is 2. The van der Waals surface area contributed by atoms with Crippen molar-refractivity contribution in [3.8, 4) is 0 Å². The molecule has 6 heteroatoms. The molecule has 3 N–H and O–H groups in total. The van der Waals surface area contributed by atoms with Gasteiger partial charge in [-0.1, -0.05) is 0 Å². The largest absolute Gasteiger partial charge is 0.304 e. The maximum absolute atomic E-state index is 5.74. The number of nitrogens with zero attached hydrogens (tertiary/aromatic N) is 4. The summed E-state index contributed by atoms with van der Waals surface area (Å²) in [6, 6.07) is 3.01. The Morgan fingerprint density at radius 3 is 2.85 bits per heavy atom. The molecule has 0 amide bonds. The monoisotopic (exact) mass is 280 g/mol. The van der Waals surface area contributed by atoms with Crippen molar-refractivity contribution in [1.29, 1.82) is 0 Å². The Morgan fingerprint density at radius 2 is 2.20 bits per heavy atom. The average molecular weight is 280 g/mol. The Labute approximate surface area is 121 Å². The van der Waals surface area contributed by atoms with Gasteiger partial charge in [0.05, 0.1) is 0 Å². The molecule has 1 aliphatic heterocycles.